The molecular formula is C25H36N2. The van der Waals surface area contributed by atoms with E-state index in [1.807, 2.05) is 0 Å². The van der Waals surface area contributed by atoms with Crippen molar-refractivity contribution in [3.05, 3.63) is 65.7 Å². The first-order valence-corrected chi connectivity index (χ1v) is 11.0. The Bertz CT molecular complexity index is 627. The number of anilines is 1. The highest BCUT2D eigenvalue weighted by Gasteiger charge is 2.26. The standard InChI is InChI=1S/C25H36N2/c1-2-17-26-18-11-4-3-5-12-19-27(24-15-7-6-8-16-24)25-20-22-13-9-10-14-23(22)21-25/h6-10,13-16,25-26H,2-5,11-12,17-21H2,1H3. The summed E-state index contributed by atoms with van der Waals surface area (Å²) in [6, 6.07) is 20.6. The summed E-state index contributed by atoms with van der Waals surface area (Å²) in [5.41, 5.74) is 4.48. The van der Waals surface area contributed by atoms with Crippen molar-refractivity contribution in [2.24, 2.45) is 0 Å². The molecule has 2 heteroatoms. The van der Waals surface area contributed by atoms with Gasteiger partial charge in [0.25, 0.3) is 0 Å². The lowest BCUT2D eigenvalue weighted by Crippen LogP contribution is -2.36. The van der Waals surface area contributed by atoms with Crippen LogP contribution in [-0.2, 0) is 12.8 Å². The fourth-order valence-corrected chi connectivity index (χ4v) is 4.26. The lowest BCUT2D eigenvalue weighted by atomic mass is 10.1. The Morgan fingerprint density at radius 3 is 2.11 bits per heavy atom. The molecule has 0 saturated heterocycles. The van der Waals surface area contributed by atoms with Crippen molar-refractivity contribution in [2.75, 3.05) is 24.5 Å². The normalized spacial score (nSPS) is 13.7. The first-order valence-electron chi connectivity index (χ1n) is 11.0. The molecule has 0 atom stereocenters. The summed E-state index contributed by atoms with van der Waals surface area (Å²) in [6.45, 7) is 5.76. The molecule has 146 valence electrons. The zero-order valence-corrected chi connectivity index (χ0v) is 17.0. The van der Waals surface area contributed by atoms with Crippen molar-refractivity contribution >= 4 is 5.69 Å². The third-order valence-electron chi connectivity index (χ3n) is 5.74. The quantitative estimate of drug-likeness (QED) is 0.492. The van der Waals surface area contributed by atoms with Crippen LogP contribution in [0.5, 0.6) is 0 Å². The minimum atomic E-state index is 0.614. The number of unbranched alkanes of at least 4 members (excludes halogenated alkanes) is 4. The first kappa shape index (κ1) is 19.9. The van der Waals surface area contributed by atoms with E-state index in [0.29, 0.717) is 6.04 Å². The summed E-state index contributed by atoms with van der Waals surface area (Å²) in [6.07, 6.45) is 10.3. The van der Waals surface area contributed by atoms with E-state index in [1.165, 1.54) is 70.1 Å². The molecule has 2 aromatic rings. The van der Waals surface area contributed by atoms with Gasteiger partial charge in [0, 0.05) is 18.3 Å². The van der Waals surface area contributed by atoms with Gasteiger partial charge in [0.15, 0.2) is 0 Å². The van der Waals surface area contributed by atoms with Gasteiger partial charge in [-0.2, -0.15) is 0 Å². The molecule has 2 nitrogen and oxygen atoms in total. The minimum Gasteiger partial charge on any atom is -0.368 e. The van der Waals surface area contributed by atoms with Gasteiger partial charge in [0.1, 0.15) is 0 Å². The molecule has 0 saturated carbocycles. The van der Waals surface area contributed by atoms with Crippen LogP contribution in [0.15, 0.2) is 54.6 Å². The van der Waals surface area contributed by atoms with Gasteiger partial charge in [-0.05, 0) is 68.5 Å². The van der Waals surface area contributed by atoms with Crippen LogP contribution in [0, 0.1) is 0 Å². The number of nitrogens with one attached hydrogen (secondary N) is 1. The number of hydrogen-bond donors (Lipinski definition) is 1. The minimum absolute atomic E-state index is 0.614. The molecule has 0 radical (unpaired) electrons. The lowest BCUT2D eigenvalue weighted by molar-refractivity contribution is 0.549. The third-order valence-corrected chi connectivity index (χ3v) is 5.74. The molecule has 0 aliphatic heterocycles. The number of nitrogens with zero attached hydrogens (tertiary/aromatic N) is 1. The van der Waals surface area contributed by atoms with Crippen molar-refractivity contribution < 1.29 is 0 Å². The molecule has 0 amide bonds. The van der Waals surface area contributed by atoms with E-state index in [4.69, 9.17) is 0 Å². The molecule has 1 N–H and O–H groups in total. The number of rotatable bonds is 12. The fourth-order valence-electron chi connectivity index (χ4n) is 4.26. The highest BCUT2D eigenvalue weighted by molar-refractivity contribution is 5.49. The van der Waals surface area contributed by atoms with Gasteiger partial charge in [-0.1, -0.05) is 68.7 Å². The van der Waals surface area contributed by atoms with Crippen LogP contribution in [0.1, 0.15) is 56.6 Å². The van der Waals surface area contributed by atoms with E-state index in [2.05, 4.69) is 71.7 Å². The van der Waals surface area contributed by atoms with Crippen LogP contribution in [0.3, 0.4) is 0 Å². The van der Waals surface area contributed by atoms with Crippen LogP contribution in [-0.4, -0.2) is 25.7 Å². The first-order chi connectivity index (χ1) is 13.4. The van der Waals surface area contributed by atoms with E-state index in [1.54, 1.807) is 11.1 Å². The average molecular weight is 365 g/mol. The van der Waals surface area contributed by atoms with Gasteiger partial charge in [-0.25, -0.2) is 0 Å². The molecule has 0 aromatic heterocycles. The number of benzene rings is 2. The summed E-state index contributed by atoms with van der Waals surface area (Å²) < 4.78 is 0. The monoisotopic (exact) mass is 364 g/mol. The summed E-state index contributed by atoms with van der Waals surface area (Å²) in [7, 11) is 0. The van der Waals surface area contributed by atoms with E-state index in [9.17, 15) is 0 Å². The molecule has 0 bridgehead atoms. The maximum atomic E-state index is 3.50. The zero-order chi connectivity index (χ0) is 18.7. The van der Waals surface area contributed by atoms with E-state index < -0.39 is 0 Å². The summed E-state index contributed by atoms with van der Waals surface area (Å²) in [5, 5.41) is 3.50. The molecular weight excluding hydrogens is 328 g/mol. The van der Waals surface area contributed by atoms with Crippen LogP contribution in [0.2, 0.25) is 0 Å². The van der Waals surface area contributed by atoms with Crippen LogP contribution >= 0.6 is 0 Å². The van der Waals surface area contributed by atoms with Crippen molar-refractivity contribution in [3.63, 3.8) is 0 Å². The van der Waals surface area contributed by atoms with Gasteiger partial charge in [0.05, 0.1) is 0 Å². The molecule has 27 heavy (non-hydrogen) atoms. The van der Waals surface area contributed by atoms with Gasteiger partial charge in [-0.15, -0.1) is 0 Å². The summed E-state index contributed by atoms with van der Waals surface area (Å²) in [5.74, 6) is 0. The Labute approximate surface area is 166 Å². The second-order valence-corrected chi connectivity index (χ2v) is 7.88. The molecule has 2 aromatic carbocycles. The van der Waals surface area contributed by atoms with Crippen LogP contribution < -0.4 is 10.2 Å². The van der Waals surface area contributed by atoms with Gasteiger partial charge >= 0.3 is 0 Å². The Balaban J connectivity index is 1.46. The van der Waals surface area contributed by atoms with Gasteiger partial charge in [0.2, 0.25) is 0 Å². The topological polar surface area (TPSA) is 15.3 Å². The van der Waals surface area contributed by atoms with Crippen LogP contribution in [0.4, 0.5) is 5.69 Å². The molecule has 1 aliphatic rings. The number of hydrogen-bond acceptors (Lipinski definition) is 2. The second kappa shape index (κ2) is 11.1. The van der Waals surface area contributed by atoms with Crippen molar-refractivity contribution in [3.8, 4) is 0 Å². The predicted octanol–water partition coefficient (Wildman–Crippen LogP) is 5.61. The summed E-state index contributed by atoms with van der Waals surface area (Å²) in [4.78, 5) is 2.67. The van der Waals surface area contributed by atoms with Crippen molar-refractivity contribution in [1.82, 2.24) is 5.32 Å². The molecule has 0 unspecified atom stereocenters. The highest BCUT2D eigenvalue weighted by atomic mass is 15.2. The van der Waals surface area contributed by atoms with Gasteiger partial charge < -0.3 is 10.2 Å². The van der Waals surface area contributed by atoms with E-state index >= 15 is 0 Å². The second-order valence-electron chi connectivity index (χ2n) is 7.88. The fraction of sp³-hybridized carbons (Fsp3) is 0.520. The smallest absolute Gasteiger partial charge is 0.0370 e. The van der Waals surface area contributed by atoms with Crippen molar-refractivity contribution in [2.45, 2.75) is 64.3 Å². The van der Waals surface area contributed by atoms with Gasteiger partial charge in [-0.3, -0.25) is 0 Å². The van der Waals surface area contributed by atoms with E-state index in [0.717, 1.165) is 6.54 Å². The summed E-state index contributed by atoms with van der Waals surface area (Å²) >= 11 is 0. The number of fused-ring (bicyclic) bond motifs is 1. The molecule has 0 heterocycles. The Kier molecular flexibility index (Phi) is 8.23. The number of para-hydroxylation sites is 1. The predicted molar refractivity (Wildman–Crippen MR) is 118 cm³/mol. The Morgan fingerprint density at radius 1 is 0.778 bits per heavy atom. The molecule has 0 fully saturated rings. The van der Waals surface area contributed by atoms with Crippen molar-refractivity contribution in [1.29, 1.82) is 0 Å². The zero-order valence-electron chi connectivity index (χ0n) is 17.0. The maximum Gasteiger partial charge on any atom is 0.0370 e. The average Bonchev–Trinajstić information content (AvgIpc) is 3.14. The third kappa shape index (κ3) is 6.10. The lowest BCUT2D eigenvalue weighted by Gasteiger charge is -2.31. The molecule has 3 rings (SSSR count). The Hall–Kier alpha value is -1.80. The van der Waals surface area contributed by atoms with Crippen LogP contribution in [0.25, 0.3) is 0 Å². The highest BCUT2D eigenvalue weighted by Crippen LogP contribution is 2.29. The largest absolute Gasteiger partial charge is 0.368 e. The molecule has 1 aliphatic carbocycles. The Morgan fingerprint density at radius 2 is 1.41 bits per heavy atom. The SMILES string of the molecule is CCCNCCCCCCCN(c1ccccc1)C1Cc2ccccc2C1. The van der Waals surface area contributed by atoms with E-state index in [-0.39, 0.29) is 0 Å². The molecule has 0 spiro atoms. The maximum absolute atomic E-state index is 3.50.